The first kappa shape index (κ1) is 13.0. The molecule has 2 heterocycles. The molecule has 17 heavy (non-hydrogen) atoms. The Morgan fingerprint density at radius 2 is 2.41 bits per heavy atom. The Balaban J connectivity index is 2.16. The quantitative estimate of drug-likeness (QED) is 0.814. The fourth-order valence-electron chi connectivity index (χ4n) is 1.86. The summed E-state index contributed by atoms with van der Waals surface area (Å²) in [6.45, 7) is 6.71. The maximum Gasteiger partial charge on any atom is 0.264 e. The van der Waals surface area contributed by atoms with E-state index < -0.39 is 0 Å². The first-order valence-electron chi connectivity index (χ1n) is 5.68. The summed E-state index contributed by atoms with van der Waals surface area (Å²) in [7, 11) is 0. The van der Waals surface area contributed by atoms with Gasteiger partial charge in [0.2, 0.25) is 0 Å². The highest BCUT2D eigenvalue weighted by molar-refractivity contribution is 14.1. The van der Waals surface area contributed by atoms with Crippen molar-refractivity contribution < 1.29 is 4.74 Å². The third-order valence-electron chi connectivity index (χ3n) is 2.91. The van der Waals surface area contributed by atoms with Crippen molar-refractivity contribution in [2.24, 2.45) is 0 Å². The zero-order valence-corrected chi connectivity index (χ0v) is 12.1. The van der Waals surface area contributed by atoms with Gasteiger partial charge in [-0.25, -0.2) is 4.98 Å². The van der Waals surface area contributed by atoms with Crippen molar-refractivity contribution in [3.05, 3.63) is 25.9 Å². The van der Waals surface area contributed by atoms with Crippen LogP contribution in [-0.2, 0) is 4.74 Å². The van der Waals surface area contributed by atoms with Crippen LogP contribution in [-0.4, -0.2) is 40.6 Å². The highest BCUT2D eigenvalue weighted by atomic mass is 127. The van der Waals surface area contributed by atoms with Crippen LogP contribution in [0.15, 0.2) is 11.0 Å². The Hall–Kier alpha value is -0.470. The number of nitrogens with zero attached hydrogens (tertiary/aromatic N) is 2. The molecule has 5 nitrogen and oxygen atoms in total. The number of H-pyrrole nitrogens is 1. The molecule has 0 spiro atoms. The molecule has 1 N–H and O–H groups in total. The van der Waals surface area contributed by atoms with Crippen LogP contribution in [0.3, 0.4) is 0 Å². The first-order chi connectivity index (χ1) is 8.08. The van der Waals surface area contributed by atoms with Crippen LogP contribution < -0.4 is 5.56 Å². The van der Waals surface area contributed by atoms with Gasteiger partial charge in [-0.3, -0.25) is 9.69 Å². The van der Waals surface area contributed by atoms with Gasteiger partial charge in [0, 0.05) is 25.3 Å². The predicted octanol–water partition coefficient (Wildman–Crippen LogP) is 1.16. The number of nitrogens with one attached hydrogen (secondary N) is 1. The summed E-state index contributed by atoms with van der Waals surface area (Å²) in [5.41, 5.74) is -0.0964. The summed E-state index contributed by atoms with van der Waals surface area (Å²) in [6, 6.07) is 0.483. The molecule has 0 aliphatic carbocycles. The molecule has 1 fully saturated rings. The molecule has 1 aliphatic rings. The minimum absolute atomic E-state index is 0.0964. The predicted molar refractivity (Wildman–Crippen MR) is 73.0 cm³/mol. The van der Waals surface area contributed by atoms with Crippen LogP contribution in [0.2, 0.25) is 0 Å². The van der Waals surface area contributed by atoms with Gasteiger partial charge in [-0.05, 0) is 36.4 Å². The lowest BCUT2D eigenvalue weighted by atomic mass is 10.2. The minimum Gasteiger partial charge on any atom is -0.368 e. The fourth-order valence-corrected chi connectivity index (χ4v) is 2.13. The Labute approximate surface area is 114 Å². The third kappa shape index (κ3) is 3.05. The Bertz CT molecular complexity index is 447. The lowest BCUT2D eigenvalue weighted by Crippen LogP contribution is -2.43. The van der Waals surface area contributed by atoms with Crippen molar-refractivity contribution >= 4 is 22.6 Å². The fraction of sp³-hybridized carbons (Fsp3) is 0.636. The van der Waals surface area contributed by atoms with Crippen LogP contribution in [0.5, 0.6) is 0 Å². The molecular weight excluding hydrogens is 333 g/mol. The van der Waals surface area contributed by atoms with E-state index in [1.165, 1.54) is 0 Å². The van der Waals surface area contributed by atoms with E-state index in [0.717, 1.165) is 13.1 Å². The topological polar surface area (TPSA) is 58.2 Å². The van der Waals surface area contributed by atoms with Gasteiger partial charge in [0.15, 0.2) is 0 Å². The summed E-state index contributed by atoms with van der Waals surface area (Å²) >= 11 is 1.97. The summed E-state index contributed by atoms with van der Waals surface area (Å²) in [5.74, 6) is 0.626. The monoisotopic (exact) mass is 349 g/mol. The summed E-state index contributed by atoms with van der Waals surface area (Å²) in [4.78, 5) is 20.9. The summed E-state index contributed by atoms with van der Waals surface area (Å²) < 4.78 is 6.26. The number of hydrogen-bond acceptors (Lipinski definition) is 4. The second-order valence-corrected chi connectivity index (χ2v) is 5.56. The van der Waals surface area contributed by atoms with Crippen LogP contribution >= 0.6 is 22.6 Å². The third-order valence-corrected chi connectivity index (χ3v) is 3.68. The molecule has 0 bridgehead atoms. The zero-order valence-electron chi connectivity index (χ0n) is 9.94. The van der Waals surface area contributed by atoms with Gasteiger partial charge in [0.25, 0.3) is 5.56 Å². The molecule has 0 radical (unpaired) electrons. The van der Waals surface area contributed by atoms with Gasteiger partial charge in [-0.15, -0.1) is 0 Å². The maximum absolute atomic E-state index is 11.5. The van der Waals surface area contributed by atoms with Gasteiger partial charge in [-0.1, -0.05) is 0 Å². The van der Waals surface area contributed by atoms with Gasteiger partial charge in [0.05, 0.1) is 10.2 Å². The van der Waals surface area contributed by atoms with Crippen molar-refractivity contribution in [2.45, 2.75) is 26.0 Å². The number of morpholine rings is 1. The van der Waals surface area contributed by atoms with Crippen molar-refractivity contribution in [3.63, 3.8) is 0 Å². The van der Waals surface area contributed by atoms with E-state index in [4.69, 9.17) is 4.74 Å². The van der Waals surface area contributed by atoms with Gasteiger partial charge in [-0.2, -0.15) is 0 Å². The number of aromatic nitrogens is 2. The normalized spacial score (nSPS) is 22.0. The SMILES string of the molecule is CC(C)N1CCOC(c2ncc(I)c(=O)[nH]2)C1. The maximum atomic E-state index is 11.5. The molecule has 1 saturated heterocycles. The smallest absolute Gasteiger partial charge is 0.264 e. The number of rotatable bonds is 2. The highest BCUT2D eigenvalue weighted by Crippen LogP contribution is 2.19. The molecule has 1 unspecified atom stereocenters. The Morgan fingerprint density at radius 1 is 1.65 bits per heavy atom. The average molecular weight is 349 g/mol. The van der Waals surface area contributed by atoms with E-state index in [1.807, 2.05) is 22.6 Å². The van der Waals surface area contributed by atoms with Crippen LogP contribution in [0.4, 0.5) is 0 Å². The lowest BCUT2D eigenvalue weighted by molar-refractivity contribution is -0.0444. The molecule has 0 saturated carbocycles. The summed E-state index contributed by atoms with van der Waals surface area (Å²) in [5, 5.41) is 0. The Morgan fingerprint density at radius 3 is 3.06 bits per heavy atom. The number of ether oxygens (including phenoxy) is 1. The van der Waals surface area contributed by atoms with Crippen molar-refractivity contribution in [1.29, 1.82) is 0 Å². The molecule has 1 atom stereocenters. The minimum atomic E-state index is -0.129. The molecule has 1 aromatic rings. The standard InChI is InChI=1S/C11H16IN3O2/c1-7(2)15-3-4-17-9(6-15)10-13-5-8(12)11(16)14-10/h5,7,9H,3-4,6H2,1-2H3,(H,13,14,16). The first-order valence-corrected chi connectivity index (χ1v) is 6.76. The molecule has 0 amide bonds. The highest BCUT2D eigenvalue weighted by Gasteiger charge is 2.25. The molecule has 6 heteroatoms. The summed E-state index contributed by atoms with van der Waals surface area (Å²) in [6.07, 6.45) is 1.46. The molecule has 0 aromatic carbocycles. The number of aromatic amines is 1. The largest absolute Gasteiger partial charge is 0.368 e. The number of halogens is 1. The average Bonchev–Trinajstić information content (AvgIpc) is 2.33. The molecule has 2 rings (SSSR count). The Kier molecular flexibility index (Phi) is 4.16. The van der Waals surface area contributed by atoms with E-state index >= 15 is 0 Å². The van der Waals surface area contributed by atoms with Crippen molar-refractivity contribution in [3.8, 4) is 0 Å². The van der Waals surface area contributed by atoms with Crippen LogP contribution in [0, 0.1) is 3.57 Å². The van der Waals surface area contributed by atoms with Gasteiger partial charge in [0.1, 0.15) is 11.9 Å². The molecule has 94 valence electrons. The van der Waals surface area contributed by atoms with Crippen molar-refractivity contribution in [2.75, 3.05) is 19.7 Å². The van der Waals surface area contributed by atoms with E-state index in [1.54, 1.807) is 6.20 Å². The van der Waals surface area contributed by atoms with Gasteiger partial charge >= 0.3 is 0 Å². The molecular formula is C11H16IN3O2. The van der Waals surface area contributed by atoms with Crippen LogP contribution in [0.1, 0.15) is 25.8 Å². The van der Waals surface area contributed by atoms with Crippen molar-refractivity contribution in [1.82, 2.24) is 14.9 Å². The lowest BCUT2D eigenvalue weighted by Gasteiger charge is -2.34. The number of hydrogen-bond donors (Lipinski definition) is 1. The molecule has 1 aromatic heterocycles. The van der Waals surface area contributed by atoms with Crippen LogP contribution in [0.25, 0.3) is 0 Å². The van der Waals surface area contributed by atoms with E-state index in [-0.39, 0.29) is 11.7 Å². The van der Waals surface area contributed by atoms with E-state index in [2.05, 4.69) is 28.7 Å². The second kappa shape index (κ2) is 5.45. The van der Waals surface area contributed by atoms with E-state index in [9.17, 15) is 4.79 Å². The van der Waals surface area contributed by atoms with Gasteiger partial charge < -0.3 is 9.72 Å². The second-order valence-electron chi connectivity index (χ2n) is 4.39. The zero-order chi connectivity index (χ0) is 12.4. The molecule has 1 aliphatic heterocycles. The van der Waals surface area contributed by atoms with E-state index in [0.29, 0.717) is 22.0 Å².